The van der Waals surface area contributed by atoms with Gasteiger partial charge in [0.05, 0.1) is 0 Å². The summed E-state index contributed by atoms with van der Waals surface area (Å²) >= 11 is 1.75. The van der Waals surface area contributed by atoms with E-state index in [9.17, 15) is 0 Å². The first-order valence-corrected chi connectivity index (χ1v) is 7.91. The van der Waals surface area contributed by atoms with E-state index in [0.29, 0.717) is 5.92 Å². The molecule has 0 aliphatic carbocycles. The van der Waals surface area contributed by atoms with Crippen molar-refractivity contribution in [2.75, 3.05) is 19.3 Å². The molecule has 0 bridgehead atoms. The first kappa shape index (κ1) is 15.4. The summed E-state index contributed by atoms with van der Waals surface area (Å²) in [6.07, 6.45) is 3.48. The van der Waals surface area contributed by atoms with Crippen molar-refractivity contribution in [3.63, 3.8) is 0 Å². The maximum Gasteiger partial charge on any atom is 0.119 e. The molecular formula is C15H25NOS. The number of ether oxygens (including phenoxy) is 1. The summed E-state index contributed by atoms with van der Waals surface area (Å²) in [6.45, 7) is 8.55. The topological polar surface area (TPSA) is 21.3 Å². The number of rotatable bonds is 8. The average Bonchev–Trinajstić information content (AvgIpc) is 2.38. The molecule has 1 aromatic carbocycles. The van der Waals surface area contributed by atoms with Gasteiger partial charge in [0, 0.05) is 11.4 Å². The molecule has 1 aromatic rings. The molecule has 0 saturated heterocycles. The maximum atomic E-state index is 6.05. The van der Waals surface area contributed by atoms with E-state index in [2.05, 4.69) is 56.6 Å². The predicted molar refractivity (Wildman–Crippen MR) is 80.6 cm³/mol. The van der Waals surface area contributed by atoms with Gasteiger partial charge >= 0.3 is 0 Å². The third-order valence-electron chi connectivity index (χ3n) is 2.86. The van der Waals surface area contributed by atoms with Crippen molar-refractivity contribution in [3.8, 4) is 5.75 Å². The van der Waals surface area contributed by atoms with Gasteiger partial charge in [0.2, 0.25) is 0 Å². The van der Waals surface area contributed by atoms with Crippen LogP contribution < -0.4 is 10.1 Å². The van der Waals surface area contributed by atoms with Crippen LogP contribution in [0.3, 0.4) is 0 Å². The van der Waals surface area contributed by atoms with Crippen LogP contribution >= 0.6 is 11.8 Å². The van der Waals surface area contributed by atoms with Gasteiger partial charge < -0.3 is 10.1 Å². The van der Waals surface area contributed by atoms with Crippen LogP contribution in [0.2, 0.25) is 0 Å². The minimum atomic E-state index is 0.233. The number of nitrogens with one attached hydrogen (secondary N) is 1. The zero-order valence-electron chi connectivity index (χ0n) is 11.9. The molecule has 0 heterocycles. The van der Waals surface area contributed by atoms with Crippen LogP contribution in [-0.2, 0) is 0 Å². The van der Waals surface area contributed by atoms with E-state index in [1.54, 1.807) is 11.8 Å². The van der Waals surface area contributed by atoms with Crippen LogP contribution in [0.4, 0.5) is 0 Å². The van der Waals surface area contributed by atoms with E-state index in [0.717, 1.165) is 25.3 Å². The molecule has 1 atom stereocenters. The molecule has 2 nitrogen and oxygen atoms in total. The third kappa shape index (κ3) is 5.32. The molecule has 1 N–H and O–H groups in total. The Kier molecular flexibility index (Phi) is 7.21. The maximum absolute atomic E-state index is 6.05. The highest BCUT2D eigenvalue weighted by Crippen LogP contribution is 2.21. The van der Waals surface area contributed by atoms with E-state index < -0.39 is 0 Å². The van der Waals surface area contributed by atoms with E-state index in [-0.39, 0.29) is 6.10 Å². The molecule has 18 heavy (non-hydrogen) atoms. The van der Waals surface area contributed by atoms with Gasteiger partial charge in [0.1, 0.15) is 11.9 Å². The summed E-state index contributed by atoms with van der Waals surface area (Å²) in [5, 5.41) is 3.43. The molecule has 0 aliphatic rings. The molecule has 1 rings (SSSR count). The van der Waals surface area contributed by atoms with Crippen LogP contribution in [0.5, 0.6) is 5.75 Å². The lowest BCUT2D eigenvalue weighted by molar-refractivity contribution is 0.149. The quantitative estimate of drug-likeness (QED) is 0.571. The van der Waals surface area contributed by atoms with Crippen LogP contribution in [0.1, 0.15) is 27.2 Å². The average molecular weight is 267 g/mol. The molecule has 3 heteroatoms. The minimum absolute atomic E-state index is 0.233. The number of hydrogen-bond donors (Lipinski definition) is 1. The molecule has 1 unspecified atom stereocenters. The lowest BCUT2D eigenvalue weighted by atomic mass is 10.1. The lowest BCUT2D eigenvalue weighted by Crippen LogP contribution is -2.35. The summed E-state index contributed by atoms with van der Waals surface area (Å²) in [5.41, 5.74) is 0. The Bertz CT molecular complexity index is 324. The largest absolute Gasteiger partial charge is 0.489 e. The van der Waals surface area contributed by atoms with Crippen LogP contribution in [0.15, 0.2) is 29.2 Å². The van der Waals surface area contributed by atoms with Gasteiger partial charge in [0.15, 0.2) is 0 Å². The van der Waals surface area contributed by atoms with Crippen molar-refractivity contribution in [1.29, 1.82) is 0 Å². The van der Waals surface area contributed by atoms with Gasteiger partial charge in [-0.25, -0.2) is 0 Å². The molecule has 0 fully saturated rings. The highest BCUT2D eigenvalue weighted by atomic mass is 32.2. The van der Waals surface area contributed by atoms with Gasteiger partial charge in [0.25, 0.3) is 0 Å². The van der Waals surface area contributed by atoms with Gasteiger partial charge in [-0.2, -0.15) is 0 Å². The van der Waals surface area contributed by atoms with Crippen molar-refractivity contribution >= 4 is 11.8 Å². The summed E-state index contributed by atoms with van der Waals surface area (Å²) in [5.74, 6) is 1.47. The molecule has 0 radical (unpaired) electrons. The molecule has 0 spiro atoms. The standard InChI is InChI=1S/C15H25NOS/c1-5-10-16-11-15(12(2)3)17-13-6-8-14(18-4)9-7-13/h6-9,12,15-16H,5,10-11H2,1-4H3. The molecule has 0 aliphatic heterocycles. The second-order valence-corrected chi connectivity index (χ2v) is 5.66. The number of thioether (sulfide) groups is 1. The Labute approximate surface area is 116 Å². The molecular weight excluding hydrogens is 242 g/mol. The van der Waals surface area contributed by atoms with Crippen molar-refractivity contribution < 1.29 is 4.74 Å². The third-order valence-corrected chi connectivity index (χ3v) is 3.61. The lowest BCUT2D eigenvalue weighted by Gasteiger charge is -2.23. The second kappa shape index (κ2) is 8.44. The van der Waals surface area contributed by atoms with E-state index in [1.807, 2.05) is 0 Å². The minimum Gasteiger partial charge on any atom is -0.489 e. The van der Waals surface area contributed by atoms with Crippen LogP contribution in [0.25, 0.3) is 0 Å². The Balaban J connectivity index is 2.53. The molecule has 0 amide bonds. The summed E-state index contributed by atoms with van der Waals surface area (Å²) in [7, 11) is 0. The first-order valence-electron chi connectivity index (χ1n) is 6.68. The van der Waals surface area contributed by atoms with Gasteiger partial charge in [-0.05, 0) is 49.4 Å². The Morgan fingerprint density at radius 3 is 2.39 bits per heavy atom. The van der Waals surface area contributed by atoms with E-state index in [4.69, 9.17) is 4.74 Å². The SMILES string of the molecule is CCCNCC(Oc1ccc(SC)cc1)C(C)C. The fourth-order valence-electron chi connectivity index (χ4n) is 1.66. The monoisotopic (exact) mass is 267 g/mol. The van der Waals surface area contributed by atoms with Crippen molar-refractivity contribution in [1.82, 2.24) is 5.32 Å². The summed E-state index contributed by atoms with van der Waals surface area (Å²) < 4.78 is 6.05. The van der Waals surface area contributed by atoms with E-state index >= 15 is 0 Å². The highest BCUT2D eigenvalue weighted by molar-refractivity contribution is 7.98. The second-order valence-electron chi connectivity index (χ2n) is 4.78. The van der Waals surface area contributed by atoms with Gasteiger partial charge in [-0.1, -0.05) is 20.8 Å². The highest BCUT2D eigenvalue weighted by Gasteiger charge is 2.14. The van der Waals surface area contributed by atoms with Crippen molar-refractivity contribution in [3.05, 3.63) is 24.3 Å². The summed E-state index contributed by atoms with van der Waals surface area (Å²) in [6, 6.07) is 8.33. The number of benzene rings is 1. The fourth-order valence-corrected chi connectivity index (χ4v) is 2.07. The molecule has 102 valence electrons. The first-order chi connectivity index (χ1) is 8.67. The van der Waals surface area contributed by atoms with Crippen molar-refractivity contribution in [2.45, 2.75) is 38.2 Å². The smallest absolute Gasteiger partial charge is 0.119 e. The zero-order valence-corrected chi connectivity index (χ0v) is 12.7. The van der Waals surface area contributed by atoms with Crippen LogP contribution in [0, 0.1) is 5.92 Å². The Morgan fingerprint density at radius 2 is 1.89 bits per heavy atom. The predicted octanol–water partition coefficient (Wildman–Crippen LogP) is 3.81. The van der Waals surface area contributed by atoms with Gasteiger partial charge in [-0.15, -0.1) is 11.8 Å². The normalized spacial score (nSPS) is 12.7. The molecule has 0 saturated carbocycles. The molecule has 0 aromatic heterocycles. The van der Waals surface area contributed by atoms with Crippen LogP contribution in [-0.4, -0.2) is 25.4 Å². The van der Waals surface area contributed by atoms with Crippen molar-refractivity contribution in [2.24, 2.45) is 5.92 Å². The summed E-state index contributed by atoms with van der Waals surface area (Å²) in [4.78, 5) is 1.27. The Morgan fingerprint density at radius 1 is 1.22 bits per heavy atom. The zero-order chi connectivity index (χ0) is 13.4. The number of hydrogen-bond acceptors (Lipinski definition) is 3. The Hall–Kier alpha value is -0.670. The fraction of sp³-hybridized carbons (Fsp3) is 0.600. The van der Waals surface area contributed by atoms with E-state index in [1.165, 1.54) is 4.90 Å². The van der Waals surface area contributed by atoms with Gasteiger partial charge in [-0.3, -0.25) is 0 Å².